The number of allylic oxidation sites excluding steroid dienone is 3. The van der Waals surface area contributed by atoms with E-state index >= 15 is 0 Å². The first-order valence-corrected chi connectivity index (χ1v) is 2.35. The summed E-state index contributed by atoms with van der Waals surface area (Å²) in [4.78, 5) is 0. The topological polar surface area (TPSA) is 26.0 Å². The molecule has 0 aromatic heterocycles. The molecular formula is C6H11N. The smallest absolute Gasteiger partial charge is 0.0267 e. The second-order valence-electron chi connectivity index (χ2n) is 1.29. The molecule has 40 valence electrons. The summed E-state index contributed by atoms with van der Waals surface area (Å²) in [5.41, 5.74) is 6.18. The molecule has 0 heterocycles. The van der Waals surface area contributed by atoms with E-state index in [1.807, 2.05) is 32.1 Å². The molecule has 0 aromatic rings. The zero-order chi connectivity index (χ0) is 5.70. The van der Waals surface area contributed by atoms with E-state index in [9.17, 15) is 0 Å². The number of nitrogens with two attached hydrogens (primary N) is 1. The Labute approximate surface area is 44.5 Å². The Kier molecular flexibility index (Phi) is 3.11. The molecule has 2 N–H and O–H groups in total. The lowest BCUT2D eigenvalue weighted by atomic mass is 10.4. The lowest BCUT2D eigenvalue weighted by molar-refractivity contribution is 1.39. The zero-order valence-electron chi connectivity index (χ0n) is 4.81. The molecule has 0 aliphatic heterocycles. The van der Waals surface area contributed by atoms with E-state index in [1.165, 1.54) is 0 Å². The average Bonchev–Trinajstić information content (AvgIpc) is 1.68. The molecule has 0 spiro atoms. The summed E-state index contributed by atoms with van der Waals surface area (Å²) >= 11 is 0. The van der Waals surface area contributed by atoms with Gasteiger partial charge in [-0.25, -0.2) is 0 Å². The van der Waals surface area contributed by atoms with Gasteiger partial charge < -0.3 is 5.73 Å². The van der Waals surface area contributed by atoms with E-state index < -0.39 is 0 Å². The first kappa shape index (κ1) is 6.28. The Hall–Kier alpha value is -0.720. The van der Waals surface area contributed by atoms with Crippen molar-refractivity contribution in [1.29, 1.82) is 0 Å². The van der Waals surface area contributed by atoms with E-state index in [2.05, 4.69) is 0 Å². The maximum atomic E-state index is 5.36. The van der Waals surface area contributed by atoms with Crippen molar-refractivity contribution < 1.29 is 0 Å². The SMILES string of the molecule is C/C=C\C(N)=C/C. The van der Waals surface area contributed by atoms with Crippen molar-refractivity contribution in [3.05, 3.63) is 23.9 Å². The number of hydrogen-bond acceptors (Lipinski definition) is 1. The predicted molar refractivity (Wildman–Crippen MR) is 32.8 cm³/mol. The Morgan fingerprint density at radius 3 is 2.14 bits per heavy atom. The molecule has 0 aliphatic rings. The summed E-state index contributed by atoms with van der Waals surface area (Å²) in [6, 6.07) is 0. The summed E-state index contributed by atoms with van der Waals surface area (Å²) in [5.74, 6) is 0. The standard InChI is InChI=1S/C6H11N/c1-3-5-6(7)4-2/h3-5H,7H2,1-2H3/b5-3-,6-4+. The molecule has 0 atom stereocenters. The molecule has 0 amide bonds. The van der Waals surface area contributed by atoms with Crippen LogP contribution in [0.4, 0.5) is 0 Å². The normalized spacial score (nSPS) is 13.1. The van der Waals surface area contributed by atoms with Crippen molar-refractivity contribution in [3.63, 3.8) is 0 Å². The third kappa shape index (κ3) is 3.10. The fraction of sp³-hybridized carbons (Fsp3) is 0.333. The van der Waals surface area contributed by atoms with Crippen LogP contribution in [0.15, 0.2) is 23.9 Å². The van der Waals surface area contributed by atoms with Gasteiger partial charge in [-0.2, -0.15) is 0 Å². The molecule has 0 aliphatic carbocycles. The highest BCUT2D eigenvalue weighted by molar-refractivity contribution is 5.12. The highest BCUT2D eigenvalue weighted by Gasteiger charge is 1.69. The van der Waals surface area contributed by atoms with Crippen molar-refractivity contribution in [2.75, 3.05) is 0 Å². The van der Waals surface area contributed by atoms with Gasteiger partial charge in [0.1, 0.15) is 0 Å². The van der Waals surface area contributed by atoms with Crippen LogP contribution < -0.4 is 5.73 Å². The first-order valence-electron chi connectivity index (χ1n) is 2.35. The molecule has 0 aromatic carbocycles. The van der Waals surface area contributed by atoms with Crippen molar-refractivity contribution in [2.24, 2.45) is 5.73 Å². The van der Waals surface area contributed by atoms with Crippen molar-refractivity contribution in [2.45, 2.75) is 13.8 Å². The van der Waals surface area contributed by atoms with Crippen LogP contribution >= 0.6 is 0 Å². The third-order valence-electron chi connectivity index (χ3n) is 0.692. The summed E-state index contributed by atoms with van der Waals surface area (Å²) in [6.07, 6.45) is 5.63. The van der Waals surface area contributed by atoms with Gasteiger partial charge in [0.25, 0.3) is 0 Å². The van der Waals surface area contributed by atoms with Crippen LogP contribution in [0, 0.1) is 0 Å². The minimum atomic E-state index is 0.822. The number of rotatable bonds is 1. The highest BCUT2D eigenvalue weighted by Crippen LogP contribution is 1.82. The molecule has 0 bridgehead atoms. The van der Waals surface area contributed by atoms with Crippen molar-refractivity contribution in [3.8, 4) is 0 Å². The fourth-order valence-corrected chi connectivity index (χ4v) is 0.289. The summed E-state index contributed by atoms with van der Waals surface area (Å²) in [5, 5.41) is 0. The predicted octanol–water partition coefficient (Wildman–Crippen LogP) is 1.43. The third-order valence-corrected chi connectivity index (χ3v) is 0.692. The zero-order valence-corrected chi connectivity index (χ0v) is 4.81. The quantitative estimate of drug-likeness (QED) is 0.492. The van der Waals surface area contributed by atoms with Crippen LogP contribution in [0.1, 0.15) is 13.8 Å². The van der Waals surface area contributed by atoms with Crippen molar-refractivity contribution in [1.82, 2.24) is 0 Å². The summed E-state index contributed by atoms with van der Waals surface area (Å²) in [7, 11) is 0. The molecule has 1 nitrogen and oxygen atoms in total. The van der Waals surface area contributed by atoms with Gasteiger partial charge in [-0.15, -0.1) is 0 Å². The van der Waals surface area contributed by atoms with E-state index in [0.717, 1.165) is 5.70 Å². The molecule has 0 rings (SSSR count). The van der Waals surface area contributed by atoms with Crippen LogP contribution in [0.3, 0.4) is 0 Å². The van der Waals surface area contributed by atoms with Gasteiger partial charge in [-0.3, -0.25) is 0 Å². The van der Waals surface area contributed by atoms with Gasteiger partial charge in [0.15, 0.2) is 0 Å². The molecule has 0 saturated heterocycles. The Morgan fingerprint density at radius 1 is 1.43 bits per heavy atom. The molecule has 0 unspecified atom stereocenters. The summed E-state index contributed by atoms with van der Waals surface area (Å²) in [6.45, 7) is 3.85. The van der Waals surface area contributed by atoms with E-state index in [4.69, 9.17) is 5.73 Å². The van der Waals surface area contributed by atoms with E-state index in [1.54, 1.807) is 0 Å². The lowest BCUT2D eigenvalue weighted by Crippen LogP contribution is -1.89. The van der Waals surface area contributed by atoms with Gasteiger partial charge in [0.2, 0.25) is 0 Å². The van der Waals surface area contributed by atoms with E-state index in [0.29, 0.717) is 0 Å². The second-order valence-corrected chi connectivity index (χ2v) is 1.29. The second kappa shape index (κ2) is 3.47. The monoisotopic (exact) mass is 97.1 g/mol. The van der Waals surface area contributed by atoms with Gasteiger partial charge in [0, 0.05) is 5.70 Å². The summed E-state index contributed by atoms with van der Waals surface area (Å²) < 4.78 is 0. The molecular weight excluding hydrogens is 86.1 g/mol. The molecule has 0 radical (unpaired) electrons. The van der Waals surface area contributed by atoms with Gasteiger partial charge >= 0.3 is 0 Å². The lowest BCUT2D eigenvalue weighted by Gasteiger charge is -1.83. The van der Waals surface area contributed by atoms with Crippen LogP contribution in [0.25, 0.3) is 0 Å². The molecule has 1 heteroatoms. The molecule has 0 fully saturated rings. The molecule has 0 saturated carbocycles. The number of hydrogen-bond donors (Lipinski definition) is 1. The minimum Gasteiger partial charge on any atom is -0.399 e. The van der Waals surface area contributed by atoms with Crippen LogP contribution in [0.5, 0.6) is 0 Å². The molecule has 7 heavy (non-hydrogen) atoms. The van der Waals surface area contributed by atoms with E-state index in [-0.39, 0.29) is 0 Å². The Morgan fingerprint density at radius 2 is 2.00 bits per heavy atom. The van der Waals surface area contributed by atoms with Gasteiger partial charge in [0.05, 0.1) is 0 Å². The Bertz CT molecular complexity index is 90.4. The highest BCUT2D eigenvalue weighted by atomic mass is 14.5. The van der Waals surface area contributed by atoms with Crippen LogP contribution in [-0.4, -0.2) is 0 Å². The van der Waals surface area contributed by atoms with Crippen molar-refractivity contribution >= 4 is 0 Å². The van der Waals surface area contributed by atoms with Gasteiger partial charge in [-0.05, 0) is 19.9 Å². The largest absolute Gasteiger partial charge is 0.399 e. The fourth-order valence-electron chi connectivity index (χ4n) is 0.289. The minimum absolute atomic E-state index is 0.822. The average molecular weight is 97.2 g/mol. The maximum Gasteiger partial charge on any atom is 0.0267 e. The van der Waals surface area contributed by atoms with Gasteiger partial charge in [-0.1, -0.05) is 12.2 Å². The first-order chi connectivity index (χ1) is 3.31. The van der Waals surface area contributed by atoms with Crippen LogP contribution in [-0.2, 0) is 0 Å². The van der Waals surface area contributed by atoms with Crippen LogP contribution in [0.2, 0.25) is 0 Å². The Balaban J connectivity index is 3.58. The maximum absolute atomic E-state index is 5.36.